The van der Waals surface area contributed by atoms with Gasteiger partial charge in [-0.3, -0.25) is 0 Å². The van der Waals surface area contributed by atoms with E-state index in [0.29, 0.717) is 54.4 Å². The number of esters is 2. The Kier molecular flexibility index (Phi) is 12.3. The Morgan fingerprint density at radius 3 is 2.26 bits per heavy atom. The molecule has 1 fully saturated rings. The monoisotopic (exact) mass is 598 g/mol. The molecule has 2 aliphatic heterocycles. The lowest BCUT2D eigenvalue weighted by Gasteiger charge is -2.24. The maximum absolute atomic E-state index is 13.3. The molecule has 2 aromatic rings. The molecule has 236 valence electrons. The number of carbonyl (C=O) groups excluding carboxylic acids is 2. The molecule has 0 aromatic heterocycles. The van der Waals surface area contributed by atoms with Crippen molar-refractivity contribution >= 4 is 11.9 Å². The van der Waals surface area contributed by atoms with Crippen LogP contribution in [0.2, 0.25) is 0 Å². The average molecular weight is 599 g/mol. The van der Waals surface area contributed by atoms with Crippen molar-refractivity contribution in [3.8, 4) is 23.0 Å². The van der Waals surface area contributed by atoms with Gasteiger partial charge in [0.2, 0.25) is 5.75 Å². The summed E-state index contributed by atoms with van der Waals surface area (Å²) in [5, 5.41) is 0. The Morgan fingerprint density at radius 2 is 1.53 bits per heavy atom. The summed E-state index contributed by atoms with van der Waals surface area (Å²) < 4.78 is 34.2. The molecule has 0 N–H and O–H groups in total. The number of cyclic esters (lactones) is 1. The number of benzene rings is 2. The second kappa shape index (κ2) is 16.4. The first-order chi connectivity index (χ1) is 20.9. The van der Waals surface area contributed by atoms with Crippen molar-refractivity contribution in [2.75, 3.05) is 73.8 Å². The first-order valence-corrected chi connectivity index (χ1v) is 15.3. The Balaban J connectivity index is 1.52. The average Bonchev–Trinajstić information content (AvgIpc) is 3.27. The Labute approximate surface area is 255 Å². The van der Waals surface area contributed by atoms with E-state index in [0.717, 1.165) is 76.3 Å². The summed E-state index contributed by atoms with van der Waals surface area (Å²) in [5.74, 6) is 1.21. The van der Waals surface area contributed by atoms with Crippen LogP contribution in [0.25, 0.3) is 0 Å². The number of hydrogen-bond acceptors (Lipinski definition) is 10. The van der Waals surface area contributed by atoms with E-state index in [1.807, 2.05) is 19.1 Å². The van der Waals surface area contributed by atoms with Crippen molar-refractivity contribution in [2.45, 2.75) is 51.6 Å². The van der Waals surface area contributed by atoms with Crippen LogP contribution in [0.4, 0.5) is 0 Å². The first-order valence-electron chi connectivity index (χ1n) is 15.3. The lowest BCUT2D eigenvalue weighted by molar-refractivity contribution is 0.0221. The number of ether oxygens (including phenoxy) is 6. The van der Waals surface area contributed by atoms with Gasteiger partial charge < -0.3 is 38.2 Å². The number of rotatable bonds is 6. The predicted molar refractivity (Wildman–Crippen MR) is 163 cm³/mol. The fourth-order valence-electron chi connectivity index (χ4n) is 5.65. The maximum Gasteiger partial charge on any atom is 0.338 e. The van der Waals surface area contributed by atoms with E-state index in [2.05, 4.69) is 9.80 Å². The summed E-state index contributed by atoms with van der Waals surface area (Å²) in [5.41, 5.74) is 1.83. The van der Waals surface area contributed by atoms with Crippen molar-refractivity contribution in [3.05, 3.63) is 47.0 Å². The molecule has 0 saturated carbocycles. The third kappa shape index (κ3) is 9.00. The van der Waals surface area contributed by atoms with Gasteiger partial charge in [0.1, 0.15) is 11.9 Å². The highest BCUT2D eigenvalue weighted by molar-refractivity contribution is 5.91. The van der Waals surface area contributed by atoms with E-state index in [1.54, 1.807) is 25.3 Å². The summed E-state index contributed by atoms with van der Waals surface area (Å²) in [6.07, 6.45) is 4.30. The minimum absolute atomic E-state index is 0.275. The summed E-state index contributed by atoms with van der Waals surface area (Å²) >= 11 is 0. The quantitative estimate of drug-likeness (QED) is 0.439. The molecule has 0 spiro atoms. The van der Waals surface area contributed by atoms with Gasteiger partial charge >= 0.3 is 11.9 Å². The summed E-state index contributed by atoms with van der Waals surface area (Å²) in [6.45, 7) is 8.34. The standard InChI is InChI=1S/C33H46N2O8/c1-5-24-21-25(10-11-28(24)38-2)33(37)43-27-9-6-19-41-30-23-26(22-29(39-3)31(30)40-4)32(36)42-20-8-15-34-13-7-14-35(16-12-27)18-17-34/h10-11,21-23,27H,5-9,12-20H2,1-4H3. The Bertz CT molecular complexity index is 1220. The van der Waals surface area contributed by atoms with E-state index >= 15 is 0 Å². The molecule has 2 aromatic carbocycles. The molecule has 0 aliphatic carbocycles. The van der Waals surface area contributed by atoms with Crippen LogP contribution in [0.15, 0.2) is 30.3 Å². The van der Waals surface area contributed by atoms with Crippen LogP contribution in [-0.2, 0) is 15.9 Å². The van der Waals surface area contributed by atoms with Crippen LogP contribution in [0.3, 0.4) is 0 Å². The molecule has 0 amide bonds. The van der Waals surface area contributed by atoms with E-state index in [4.69, 9.17) is 28.4 Å². The number of aryl methyl sites for hydroxylation is 1. The lowest BCUT2D eigenvalue weighted by atomic mass is 10.1. The molecule has 10 nitrogen and oxygen atoms in total. The predicted octanol–water partition coefficient (Wildman–Crippen LogP) is 4.62. The molecule has 2 heterocycles. The molecule has 4 rings (SSSR count). The first kappa shape index (κ1) is 32.4. The van der Waals surface area contributed by atoms with Crippen molar-refractivity contribution in [1.82, 2.24) is 9.80 Å². The molecule has 4 bridgehead atoms. The van der Waals surface area contributed by atoms with Crippen molar-refractivity contribution in [3.63, 3.8) is 0 Å². The molecule has 10 heteroatoms. The van der Waals surface area contributed by atoms with Crippen molar-refractivity contribution < 1.29 is 38.0 Å². The van der Waals surface area contributed by atoms with Gasteiger partial charge in [-0.05, 0) is 87.5 Å². The minimum Gasteiger partial charge on any atom is -0.496 e. The topological polar surface area (TPSA) is 96.0 Å². The highest BCUT2D eigenvalue weighted by Crippen LogP contribution is 2.39. The molecule has 3 atom stereocenters. The summed E-state index contributed by atoms with van der Waals surface area (Å²) in [4.78, 5) is 31.0. The molecule has 3 unspecified atom stereocenters. The van der Waals surface area contributed by atoms with Gasteiger partial charge in [0.15, 0.2) is 11.5 Å². The zero-order valence-electron chi connectivity index (χ0n) is 26.0. The van der Waals surface area contributed by atoms with Gasteiger partial charge in [0.05, 0.1) is 45.7 Å². The maximum atomic E-state index is 13.3. The van der Waals surface area contributed by atoms with Crippen LogP contribution in [-0.4, -0.2) is 102 Å². The zero-order chi connectivity index (χ0) is 30.6. The van der Waals surface area contributed by atoms with Crippen molar-refractivity contribution in [2.24, 2.45) is 0 Å². The molecular formula is C33H46N2O8. The highest BCUT2D eigenvalue weighted by Gasteiger charge is 2.22. The summed E-state index contributed by atoms with van der Waals surface area (Å²) in [6, 6.07) is 8.68. The molecule has 1 saturated heterocycles. The van der Waals surface area contributed by atoms with E-state index in [9.17, 15) is 9.59 Å². The molecule has 0 radical (unpaired) electrons. The van der Waals surface area contributed by atoms with Crippen LogP contribution < -0.4 is 18.9 Å². The van der Waals surface area contributed by atoms with E-state index < -0.39 is 5.97 Å². The van der Waals surface area contributed by atoms with Crippen LogP contribution >= 0.6 is 0 Å². The lowest BCUT2D eigenvalue weighted by Crippen LogP contribution is -2.34. The van der Waals surface area contributed by atoms with Gasteiger partial charge in [-0.1, -0.05) is 6.92 Å². The number of fused-ring (bicyclic) bond motifs is 5. The number of hydrogen-bond donors (Lipinski definition) is 0. The van der Waals surface area contributed by atoms with E-state index in [1.165, 1.54) is 14.2 Å². The second-order valence-electron chi connectivity index (χ2n) is 10.9. The highest BCUT2D eigenvalue weighted by atomic mass is 16.5. The van der Waals surface area contributed by atoms with E-state index in [-0.39, 0.29) is 12.1 Å². The van der Waals surface area contributed by atoms with Crippen LogP contribution in [0.5, 0.6) is 23.0 Å². The second-order valence-corrected chi connectivity index (χ2v) is 10.9. The molecule has 2 aliphatic rings. The zero-order valence-corrected chi connectivity index (χ0v) is 26.0. The normalized spacial score (nSPS) is 22.0. The summed E-state index contributed by atoms with van der Waals surface area (Å²) in [7, 11) is 4.68. The third-order valence-corrected chi connectivity index (χ3v) is 8.08. The minimum atomic E-state index is -0.428. The number of carbonyl (C=O) groups is 2. The largest absolute Gasteiger partial charge is 0.496 e. The fraction of sp³-hybridized carbons (Fsp3) is 0.576. The number of methoxy groups -OCH3 is 3. The van der Waals surface area contributed by atoms with Gasteiger partial charge in [-0.15, -0.1) is 0 Å². The van der Waals surface area contributed by atoms with Crippen LogP contribution in [0, 0.1) is 0 Å². The van der Waals surface area contributed by atoms with Crippen LogP contribution in [0.1, 0.15) is 65.3 Å². The Morgan fingerprint density at radius 1 is 0.814 bits per heavy atom. The molecule has 43 heavy (non-hydrogen) atoms. The van der Waals surface area contributed by atoms with Crippen molar-refractivity contribution in [1.29, 1.82) is 0 Å². The smallest absolute Gasteiger partial charge is 0.338 e. The van der Waals surface area contributed by atoms with Gasteiger partial charge in [-0.2, -0.15) is 0 Å². The third-order valence-electron chi connectivity index (χ3n) is 8.08. The Hall–Kier alpha value is -3.50. The molecular weight excluding hydrogens is 552 g/mol. The van der Waals surface area contributed by atoms with Gasteiger partial charge in [-0.25, -0.2) is 9.59 Å². The SMILES string of the molecule is CCc1cc(C(=O)OC2CCCOc3cc(cc(OC)c3OC)C(=O)OCCCN3CCCN(CC2)CC3)ccc1OC. The fourth-order valence-corrected chi connectivity index (χ4v) is 5.65. The van der Waals surface area contributed by atoms with Gasteiger partial charge in [0.25, 0.3) is 0 Å². The van der Waals surface area contributed by atoms with Gasteiger partial charge in [0, 0.05) is 26.2 Å². The number of nitrogens with zero attached hydrogens (tertiary/aromatic N) is 2.